The van der Waals surface area contributed by atoms with E-state index in [9.17, 15) is 4.79 Å². The Morgan fingerprint density at radius 1 is 1.29 bits per heavy atom. The highest BCUT2D eigenvalue weighted by molar-refractivity contribution is 5.75. The van der Waals surface area contributed by atoms with Crippen LogP contribution in [0, 0.1) is 20.8 Å². The number of ether oxygens (including phenoxy) is 1. The van der Waals surface area contributed by atoms with Gasteiger partial charge in [-0.1, -0.05) is 12.1 Å². The summed E-state index contributed by atoms with van der Waals surface area (Å²) in [6.45, 7) is 6.34. The number of hydrogen-bond donors (Lipinski definition) is 1. The van der Waals surface area contributed by atoms with E-state index >= 15 is 0 Å². The predicted molar refractivity (Wildman–Crippen MR) is 69.0 cm³/mol. The summed E-state index contributed by atoms with van der Waals surface area (Å²) in [5.41, 5.74) is 10.9. The lowest BCUT2D eigenvalue weighted by molar-refractivity contribution is -0.142. The minimum Gasteiger partial charge on any atom is -0.468 e. The highest BCUT2D eigenvalue weighted by Gasteiger charge is 2.14. The van der Waals surface area contributed by atoms with Gasteiger partial charge in [0.05, 0.1) is 7.11 Å². The molecule has 0 amide bonds. The van der Waals surface area contributed by atoms with E-state index in [0.717, 1.165) is 6.42 Å². The van der Waals surface area contributed by atoms with E-state index in [1.165, 1.54) is 29.4 Å². The van der Waals surface area contributed by atoms with E-state index in [0.29, 0.717) is 6.42 Å². The Kier molecular flexibility index (Phi) is 4.70. The molecule has 0 saturated heterocycles. The highest BCUT2D eigenvalue weighted by atomic mass is 16.5. The zero-order valence-corrected chi connectivity index (χ0v) is 11.0. The highest BCUT2D eigenvalue weighted by Crippen LogP contribution is 2.18. The van der Waals surface area contributed by atoms with Crippen molar-refractivity contribution < 1.29 is 9.53 Å². The first kappa shape index (κ1) is 13.7. The first-order chi connectivity index (χ1) is 7.97. The van der Waals surface area contributed by atoms with Crippen molar-refractivity contribution in [2.75, 3.05) is 7.11 Å². The largest absolute Gasteiger partial charge is 0.468 e. The summed E-state index contributed by atoms with van der Waals surface area (Å²) in [5.74, 6) is -0.341. The van der Waals surface area contributed by atoms with Gasteiger partial charge in [0.1, 0.15) is 6.04 Å². The third-order valence-corrected chi connectivity index (χ3v) is 3.40. The average molecular weight is 235 g/mol. The van der Waals surface area contributed by atoms with E-state index in [2.05, 4.69) is 37.6 Å². The van der Waals surface area contributed by atoms with Crippen LogP contribution in [-0.2, 0) is 16.0 Å². The quantitative estimate of drug-likeness (QED) is 0.813. The summed E-state index contributed by atoms with van der Waals surface area (Å²) < 4.78 is 4.61. The van der Waals surface area contributed by atoms with Crippen LogP contribution in [0.5, 0.6) is 0 Å². The average Bonchev–Trinajstić information content (AvgIpc) is 2.33. The number of rotatable bonds is 4. The minimum atomic E-state index is -0.527. The number of benzene rings is 1. The van der Waals surface area contributed by atoms with Crippen LogP contribution in [0.3, 0.4) is 0 Å². The molecular formula is C14H21NO2. The van der Waals surface area contributed by atoms with Crippen molar-refractivity contribution in [3.8, 4) is 0 Å². The van der Waals surface area contributed by atoms with Gasteiger partial charge in [0, 0.05) is 0 Å². The third-order valence-electron chi connectivity index (χ3n) is 3.40. The van der Waals surface area contributed by atoms with Crippen LogP contribution >= 0.6 is 0 Å². The van der Waals surface area contributed by atoms with Crippen LogP contribution in [-0.4, -0.2) is 19.1 Å². The van der Waals surface area contributed by atoms with Crippen LogP contribution < -0.4 is 5.73 Å². The molecule has 0 fully saturated rings. The number of carbonyl (C=O) groups excluding carboxylic acids is 1. The number of carbonyl (C=O) groups is 1. The molecule has 1 aromatic rings. The lowest BCUT2D eigenvalue weighted by atomic mass is 9.95. The van der Waals surface area contributed by atoms with E-state index in [1.54, 1.807) is 0 Å². The summed E-state index contributed by atoms with van der Waals surface area (Å²) in [6, 6.07) is 3.70. The zero-order chi connectivity index (χ0) is 13.0. The van der Waals surface area contributed by atoms with Crippen LogP contribution in [0.15, 0.2) is 12.1 Å². The fraction of sp³-hybridized carbons (Fsp3) is 0.500. The van der Waals surface area contributed by atoms with Crippen molar-refractivity contribution in [2.45, 2.75) is 39.7 Å². The normalized spacial score (nSPS) is 12.3. The Labute approximate surface area is 103 Å². The predicted octanol–water partition coefficient (Wildman–Crippen LogP) is 2.04. The standard InChI is InChI=1S/C14H21NO2/c1-9-5-6-12(11(3)10(9)2)7-8-13(15)14(16)17-4/h5-6,13H,7-8,15H2,1-4H3. The Balaban J connectivity index is 2.70. The maximum absolute atomic E-state index is 11.2. The van der Waals surface area contributed by atoms with Crippen molar-refractivity contribution >= 4 is 5.97 Å². The minimum absolute atomic E-state index is 0.341. The fourth-order valence-electron chi connectivity index (χ4n) is 1.86. The lowest BCUT2D eigenvalue weighted by Gasteiger charge is -2.13. The Morgan fingerprint density at radius 2 is 1.94 bits per heavy atom. The van der Waals surface area contributed by atoms with E-state index in [1.807, 2.05) is 0 Å². The molecule has 0 bridgehead atoms. The zero-order valence-electron chi connectivity index (χ0n) is 11.0. The van der Waals surface area contributed by atoms with Gasteiger partial charge in [-0.05, 0) is 55.9 Å². The fourth-order valence-corrected chi connectivity index (χ4v) is 1.86. The molecule has 0 aromatic heterocycles. The first-order valence-electron chi connectivity index (χ1n) is 5.86. The Bertz CT molecular complexity index is 413. The molecular weight excluding hydrogens is 214 g/mol. The van der Waals surface area contributed by atoms with Crippen LogP contribution in [0.2, 0.25) is 0 Å². The van der Waals surface area contributed by atoms with Crippen molar-refractivity contribution in [3.05, 3.63) is 34.4 Å². The van der Waals surface area contributed by atoms with Crippen LogP contribution in [0.25, 0.3) is 0 Å². The van der Waals surface area contributed by atoms with Gasteiger partial charge in [0.25, 0.3) is 0 Å². The smallest absolute Gasteiger partial charge is 0.322 e. The van der Waals surface area contributed by atoms with Crippen LogP contribution in [0.1, 0.15) is 28.7 Å². The van der Waals surface area contributed by atoms with Crippen molar-refractivity contribution in [3.63, 3.8) is 0 Å². The van der Waals surface area contributed by atoms with Gasteiger partial charge in [-0.3, -0.25) is 4.79 Å². The molecule has 3 nitrogen and oxygen atoms in total. The first-order valence-corrected chi connectivity index (χ1v) is 5.86. The second kappa shape index (κ2) is 5.82. The molecule has 0 aliphatic rings. The molecule has 0 heterocycles. The van der Waals surface area contributed by atoms with Gasteiger partial charge in [-0.2, -0.15) is 0 Å². The van der Waals surface area contributed by atoms with E-state index < -0.39 is 6.04 Å². The summed E-state index contributed by atoms with van der Waals surface area (Å²) in [4.78, 5) is 11.2. The molecule has 1 rings (SSSR count). The van der Waals surface area contributed by atoms with E-state index in [4.69, 9.17) is 5.73 Å². The number of aryl methyl sites for hydroxylation is 2. The molecule has 0 spiro atoms. The number of hydrogen-bond acceptors (Lipinski definition) is 3. The molecule has 1 aromatic carbocycles. The maximum Gasteiger partial charge on any atom is 0.322 e. The van der Waals surface area contributed by atoms with Gasteiger partial charge in [0.15, 0.2) is 0 Å². The molecule has 17 heavy (non-hydrogen) atoms. The van der Waals surface area contributed by atoms with Gasteiger partial charge in [0.2, 0.25) is 0 Å². The molecule has 0 saturated carbocycles. The van der Waals surface area contributed by atoms with Crippen molar-refractivity contribution in [1.29, 1.82) is 0 Å². The second-order valence-electron chi connectivity index (χ2n) is 4.46. The van der Waals surface area contributed by atoms with Gasteiger partial charge in [-0.25, -0.2) is 0 Å². The summed E-state index contributed by atoms with van der Waals surface area (Å²) >= 11 is 0. The molecule has 0 radical (unpaired) electrons. The Hall–Kier alpha value is -1.35. The van der Waals surface area contributed by atoms with Gasteiger partial charge in [-0.15, -0.1) is 0 Å². The summed E-state index contributed by atoms with van der Waals surface area (Å²) in [5, 5.41) is 0. The second-order valence-corrected chi connectivity index (χ2v) is 4.46. The van der Waals surface area contributed by atoms with Crippen molar-refractivity contribution in [1.82, 2.24) is 0 Å². The molecule has 1 unspecified atom stereocenters. The number of nitrogens with two attached hydrogens (primary N) is 1. The molecule has 2 N–H and O–H groups in total. The molecule has 94 valence electrons. The third kappa shape index (κ3) is 3.30. The van der Waals surface area contributed by atoms with E-state index in [-0.39, 0.29) is 5.97 Å². The molecule has 3 heteroatoms. The molecule has 0 aliphatic heterocycles. The summed E-state index contributed by atoms with van der Waals surface area (Å²) in [6.07, 6.45) is 1.43. The topological polar surface area (TPSA) is 52.3 Å². The van der Waals surface area contributed by atoms with Crippen molar-refractivity contribution in [2.24, 2.45) is 5.73 Å². The lowest BCUT2D eigenvalue weighted by Crippen LogP contribution is -2.32. The van der Waals surface area contributed by atoms with Crippen LogP contribution in [0.4, 0.5) is 0 Å². The Morgan fingerprint density at radius 3 is 2.53 bits per heavy atom. The van der Waals surface area contributed by atoms with Gasteiger partial charge < -0.3 is 10.5 Å². The maximum atomic E-state index is 11.2. The summed E-state index contributed by atoms with van der Waals surface area (Å²) in [7, 11) is 1.36. The molecule has 0 aliphatic carbocycles. The molecule has 1 atom stereocenters. The van der Waals surface area contributed by atoms with Gasteiger partial charge >= 0.3 is 5.97 Å². The number of esters is 1. The SMILES string of the molecule is COC(=O)C(N)CCc1ccc(C)c(C)c1C. The monoisotopic (exact) mass is 235 g/mol. The number of methoxy groups -OCH3 is 1.